The van der Waals surface area contributed by atoms with Crippen LogP contribution in [0.15, 0.2) is 22.5 Å². The van der Waals surface area contributed by atoms with Crippen LogP contribution < -0.4 is 0 Å². The summed E-state index contributed by atoms with van der Waals surface area (Å²) in [6.45, 7) is 0. The molecular weight excluding hydrogens is 246 g/mol. The molecule has 0 amide bonds. The summed E-state index contributed by atoms with van der Waals surface area (Å²) in [5.74, 6) is 0. The summed E-state index contributed by atoms with van der Waals surface area (Å²) in [4.78, 5) is 13.6. The molecule has 3 heterocycles. The fourth-order valence-electron chi connectivity index (χ4n) is 1.10. The standard InChI is InChI=1S/C9H4N3S3/c1-2-14-9(10-1)7-3-11-8(15-7)6-4-13-5-12-6/h1-2,4-5H. The van der Waals surface area contributed by atoms with E-state index in [-0.39, 0.29) is 0 Å². The van der Waals surface area contributed by atoms with Crippen LogP contribution in [0.2, 0.25) is 0 Å². The molecular formula is C9H4N3S3. The van der Waals surface area contributed by atoms with Crippen molar-refractivity contribution in [3.8, 4) is 20.6 Å². The van der Waals surface area contributed by atoms with Crippen LogP contribution in [-0.2, 0) is 0 Å². The van der Waals surface area contributed by atoms with Gasteiger partial charge in [0, 0.05) is 17.0 Å². The minimum atomic E-state index is 0.904. The van der Waals surface area contributed by atoms with Gasteiger partial charge in [-0.3, -0.25) is 0 Å². The molecule has 0 unspecified atom stereocenters. The van der Waals surface area contributed by atoms with E-state index in [4.69, 9.17) is 0 Å². The third kappa shape index (κ3) is 1.71. The van der Waals surface area contributed by atoms with Gasteiger partial charge < -0.3 is 0 Å². The Kier molecular flexibility index (Phi) is 2.32. The summed E-state index contributed by atoms with van der Waals surface area (Å²) in [5, 5.41) is 5.81. The monoisotopic (exact) mass is 250 g/mol. The van der Waals surface area contributed by atoms with Gasteiger partial charge in [0.15, 0.2) is 0 Å². The zero-order chi connectivity index (χ0) is 10.1. The van der Waals surface area contributed by atoms with E-state index in [1.54, 1.807) is 45.7 Å². The summed E-state index contributed by atoms with van der Waals surface area (Å²) < 4.78 is 0. The zero-order valence-electron chi connectivity index (χ0n) is 7.38. The lowest BCUT2D eigenvalue weighted by Gasteiger charge is -1.85. The molecule has 3 aromatic heterocycles. The summed E-state index contributed by atoms with van der Waals surface area (Å²) in [7, 11) is 0. The first-order chi connectivity index (χ1) is 7.43. The summed E-state index contributed by atoms with van der Waals surface area (Å²) in [6.07, 6.45) is 4.77. The van der Waals surface area contributed by atoms with Crippen molar-refractivity contribution in [1.82, 2.24) is 15.0 Å². The molecule has 0 fully saturated rings. The molecule has 0 saturated carbocycles. The third-order valence-corrected chi connectivity index (χ3v) is 4.22. The van der Waals surface area contributed by atoms with Gasteiger partial charge in [0.1, 0.15) is 21.9 Å². The van der Waals surface area contributed by atoms with E-state index >= 15 is 0 Å². The lowest BCUT2D eigenvalue weighted by molar-refractivity contribution is 1.33. The normalized spacial score (nSPS) is 10.7. The molecule has 1 radical (unpaired) electrons. The Labute approximate surface area is 98.1 Å². The molecule has 73 valence electrons. The first-order valence-electron chi connectivity index (χ1n) is 4.10. The second kappa shape index (κ2) is 3.80. The lowest BCUT2D eigenvalue weighted by atomic mass is 10.5. The van der Waals surface area contributed by atoms with Gasteiger partial charge in [-0.05, 0) is 0 Å². The quantitative estimate of drug-likeness (QED) is 0.701. The van der Waals surface area contributed by atoms with Crippen molar-refractivity contribution in [2.75, 3.05) is 0 Å². The number of hydrogen-bond donors (Lipinski definition) is 0. The maximum absolute atomic E-state index is 4.22. The lowest BCUT2D eigenvalue weighted by Crippen LogP contribution is -1.71. The van der Waals surface area contributed by atoms with Crippen molar-refractivity contribution >= 4 is 34.0 Å². The van der Waals surface area contributed by atoms with Crippen LogP contribution in [0.3, 0.4) is 0 Å². The van der Waals surface area contributed by atoms with Gasteiger partial charge in [-0.1, -0.05) is 0 Å². The Balaban J connectivity index is 2.02. The van der Waals surface area contributed by atoms with E-state index in [0.717, 1.165) is 20.6 Å². The minimum absolute atomic E-state index is 0.904. The summed E-state index contributed by atoms with van der Waals surface area (Å²) in [6, 6.07) is 0. The van der Waals surface area contributed by atoms with Crippen LogP contribution >= 0.6 is 34.0 Å². The average Bonchev–Trinajstić information content (AvgIpc) is 3.02. The van der Waals surface area contributed by atoms with Crippen molar-refractivity contribution in [1.29, 1.82) is 0 Å². The van der Waals surface area contributed by atoms with E-state index < -0.39 is 0 Å². The van der Waals surface area contributed by atoms with Crippen LogP contribution in [0.4, 0.5) is 0 Å². The van der Waals surface area contributed by atoms with E-state index in [9.17, 15) is 0 Å². The molecule has 0 aliphatic rings. The molecule has 0 aliphatic heterocycles. The van der Waals surface area contributed by atoms with E-state index in [1.807, 2.05) is 10.8 Å². The van der Waals surface area contributed by atoms with Gasteiger partial charge in [0.05, 0.1) is 10.4 Å². The van der Waals surface area contributed by atoms with E-state index in [0.29, 0.717) is 0 Å². The maximum atomic E-state index is 4.22. The fraction of sp³-hybridized carbons (Fsp3) is 0. The number of hydrogen-bond acceptors (Lipinski definition) is 6. The van der Waals surface area contributed by atoms with Crippen LogP contribution in [0.5, 0.6) is 0 Å². The highest BCUT2D eigenvalue weighted by Crippen LogP contribution is 2.32. The number of nitrogens with zero attached hydrogens (tertiary/aromatic N) is 3. The number of rotatable bonds is 2. The smallest absolute Gasteiger partial charge is 0.144 e. The molecule has 3 aromatic rings. The largest absolute Gasteiger partial charge is 0.244 e. The number of aromatic nitrogens is 3. The Bertz CT molecular complexity index is 490. The number of thiazole rings is 3. The highest BCUT2D eigenvalue weighted by molar-refractivity contribution is 7.22. The maximum Gasteiger partial charge on any atom is 0.144 e. The SMILES string of the molecule is [c]1nc(-c2cscn2)sc1-c1nccs1. The molecule has 3 rings (SSSR count). The van der Waals surface area contributed by atoms with Crippen molar-refractivity contribution in [2.24, 2.45) is 0 Å². The molecule has 0 aromatic carbocycles. The molecule has 0 saturated heterocycles. The summed E-state index contributed by atoms with van der Waals surface area (Å²) in [5.41, 5.74) is 2.73. The molecule has 15 heavy (non-hydrogen) atoms. The van der Waals surface area contributed by atoms with Crippen molar-refractivity contribution < 1.29 is 0 Å². The molecule has 6 heteroatoms. The van der Waals surface area contributed by atoms with Crippen LogP contribution in [0.25, 0.3) is 20.6 Å². The van der Waals surface area contributed by atoms with E-state index in [2.05, 4.69) is 21.1 Å². The molecule has 0 N–H and O–H groups in total. The van der Waals surface area contributed by atoms with Gasteiger partial charge in [0.25, 0.3) is 0 Å². The first-order valence-corrected chi connectivity index (χ1v) is 6.74. The van der Waals surface area contributed by atoms with Crippen LogP contribution in [0, 0.1) is 6.20 Å². The second-order valence-corrected chi connectivity index (χ2v) is 5.28. The minimum Gasteiger partial charge on any atom is -0.244 e. The Morgan fingerprint density at radius 3 is 2.93 bits per heavy atom. The molecule has 0 bridgehead atoms. The van der Waals surface area contributed by atoms with Crippen LogP contribution in [0.1, 0.15) is 0 Å². The van der Waals surface area contributed by atoms with E-state index in [1.165, 1.54) is 0 Å². The van der Waals surface area contributed by atoms with Crippen molar-refractivity contribution in [3.63, 3.8) is 0 Å². The van der Waals surface area contributed by atoms with Gasteiger partial charge in [-0.2, -0.15) is 0 Å². The van der Waals surface area contributed by atoms with Gasteiger partial charge in [-0.15, -0.1) is 34.0 Å². The Morgan fingerprint density at radius 1 is 1.20 bits per heavy atom. The van der Waals surface area contributed by atoms with Gasteiger partial charge in [-0.25, -0.2) is 15.0 Å². The van der Waals surface area contributed by atoms with Crippen molar-refractivity contribution in [3.05, 3.63) is 28.7 Å². The van der Waals surface area contributed by atoms with Gasteiger partial charge >= 0.3 is 0 Å². The highest BCUT2D eigenvalue weighted by atomic mass is 32.1. The second-order valence-electron chi connectivity index (χ2n) is 2.67. The fourth-order valence-corrected chi connectivity index (χ4v) is 3.24. The predicted molar refractivity (Wildman–Crippen MR) is 63.2 cm³/mol. The van der Waals surface area contributed by atoms with Crippen LogP contribution in [-0.4, -0.2) is 15.0 Å². The van der Waals surface area contributed by atoms with Gasteiger partial charge in [0.2, 0.25) is 0 Å². The highest BCUT2D eigenvalue weighted by Gasteiger charge is 2.09. The zero-order valence-corrected chi connectivity index (χ0v) is 9.83. The third-order valence-electron chi connectivity index (χ3n) is 1.74. The topological polar surface area (TPSA) is 38.7 Å². The summed E-state index contributed by atoms with van der Waals surface area (Å²) >= 11 is 4.74. The average molecular weight is 250 g/mol. The Morgan fingerprint density at radius 2 is 2.20 bits per heavy atom. The van der Waals surface area contributed by atoms with Crippen molar-refractivity contribution in [2.45, 2.75) is 0 Å². The Hall–Kier alpha value is -1.11. The molecule has 3 nitrogen and oxygen atoms in total. The predicted octanol–water partition coefficient (Wildman–Crippen LogP) is 3.19. The molecule has 0 spiro atoms. The molecule has 0 aliphatic carbocycles. The first kappa shape index (κ1) is 9.14. The molecule has 0 atom stereocenters.